The van der Waals surface area contributed by atoms with E-state index >= 15 is 0 Å². The van der Waals surface area contributed by atoms with E-state index in [4.69, 9.17) is 10.7 Å². The molecule has 0 spiro atoms. The summed E-state index contributed by atoms with van der Waals surface area (Å²) in [5, 5.41) is 0. The molecular formula is C10H11ClO4S. The van der Waals surface area contributed by atoms with E-state index in [0.29, 0.717) is 5.56 Å². The number of carbonyl (C=O) groups is 1. The third-order valence-corrected chi connectivity index (χ3v) is 3.52. The summed E-state index contributed by atoms with van der Waals surface area (Å²) in [5.41, 5.74) is 1.41. The summed E-state index contributed by atoms with van der Waals surface area (Å²) in [6.07, 6.45) is 0.0303. The van der Waals surface area contributed by atoms with Crippen molar-refractivity contribution >= 4 is 25.7 Å². The van der Waals surface area contributed by atoms with Gasteiger partial charge >= 0.3 is 5.97 Å². The van der Waals surface area contributed by atoms with Gasteiger partial charge in [0.2, 0.25) is 0 Å². The van der Waals surface area contributed by atoms with Crippen molar-refractivity contribution in [3.63, 3.8) is 0 Å². The second-order valence-electron chi connectivity index (χ2n) is 3.28. The zero-order valence-corrected chi connectivity index (χ0v) is 10.4. The minimum absolute atomic E-state index is 0.0151. The highest BCUT2D eigenvalue weighted by Gasteiger charge is 2.13. The molecule has 0 saturated carbocycles. The van der Waals surface area contributed by atoms with Gasteiger partial charge in [0.1, 0.15) is 0 Å². The number of hydrogen-bond donors (Lipinski definition) is 0. The van der Waals surface area contributed by atoms with Gasteiger partial charge in [0, 0.05) is 10.7 Å². The fraction of sp³-hybridized carbons (Fsp3) is 0.300. The third-order valence-electron chi connectivity index (χ3n) is 2.16. The molecule has 0 atom stereocenters. The van der Waals surface area contributed by atoms with Crippen LogP contribution in [0.2, 0.25) is 0 Å². The van der Waals surface area contributed by atoms with E-state index in [9.17, 15) is 13.2 Å². The molecule has 0 bridgehead atoms. The average molecular weight is 263 g/mol. The Labute approximate surface area is 98.6 Å². The number of ether oxygens (including phenoxy) is 1. The Kier molecular flexibility index (Phi) is 3.93. The van der Waals surface area contributed by atoms with Crippen LogP contribution in [0.25, 0.3) is 0 Å². The van der Waals surface area contributed by atoms with Crippen molar-refractivity contribution in [2.45, 2.75) is 18.2 Å². The summed E-state index contributed by atoms with van der Waals surface area (Å²) >= 11 is 0. The summed E-state index contributed by atoms with van der Waals surface area (Å²) in [4.78, 5) is 11.1. The Balaban J connectivity index is 3.14. The van der Waals surface area contributed by atoms with E-state index in [1.54, 1.807) is 13.0 Å². The van der Waals surface area contributed by atoms with Gasteiger partial charge in [-0.25, -0.2) is 8.42 Å². The predicted octanol–water partition coefficient (Wildman–Crippen LogP) is 1.64. The molecule has 0 fully saturated rings. The molecule has 4 nitrogen and oxygen atoms in total. The van der Waals surface area contributed by atoms with Gasteiger partial charge in [0.15, 0.2) is 0 Å². The molecule has 0 saturated heterocycles. The molecule has 0 radical (unpaired) electrons. The molecule has 1 aromatic carbocycles. The summed E-state index contributed by atoms with van der Waals surface area (Å²) in [6, 6.07) is 4.39. The van der Waals surface area contributed by atoms with E-state index in [0.717, 1.165) is 5.56 Å². The first-order valence-corrected chi connectivity index (χ1v) is 6.76. The number of esters is 1. The molecule has 0 N–H and O–H groups in total. The first kappa shape index (κ1) is 13.0. The van der Waals surface area contributed by atoms with Crippen LogP contribution in [0.1, 0.15) is 11.1 Å². The topological polar surface area (TPSA) is 60.4 Å². The van der Waals surface area contributed by atoms with Crippen LogP contribution in [-0.4, -0.2) is 21.5 Å². The first-order chi connectivity index (χ1) is 7.34. The number of carbonyl (C=O) groups excluding carboxylic acids is 1. The van der Waals surface area contributed by atoms with Gasteiger partial charge in [-0.05, 0) is 30.2 Å². The Morgan fingerprint density at radius 3 is 2.56 bits per heavy atom. The maximum absolute atomic E-state index is 11.1. The Hall–Kier alpha value is -1.07. The van der Waals surface area contributed by atoms with Gasteiger partial charge in [-0.1, -0.05) is 6.07 Å². The van der Waals surface area contributed by atoms with Crippen molar-refractivity contribution < 1.29 is 17.9 Å². The van der Waals surface area contributed by atoms with Crippen LogP contribution in [0, 0.1) is 6.92 Å². The van der Waals surface area contributed by atoms with Crippen molar-refractivity contribution in [3.05, 3.63) is 29.3 Å². The molecular weight excluding hydrogens is 252 g/mol. The van der Waals surface area contributed by atoms with Crippen LogP contribution < -0.4 is 0 Å². The predicted molar refractivity (Wildman–Crippen MR) is 59.9 cm³/mol. The van der Waals surface area contributed by atoms with Gasteiger partial charge in [-0.2, -0.15) is 0 Å². The number of rotatable bonds is 3. The SMILES string of the molecule is COC(=O)Cc1cc(S(=O)(=O)Cl)ccc1C. The van der Waals surface area contributed by atoms with Crippen molar-refractivity contribution in [2.24, 2.45) is 0 Å². The van der Waals surface area contributed by atoms with Crippen LogP contribution >= 0.6 is 10.7 Å². The quantitative estimate of drug-likeness (QED) is 0.614. The lowest BCUT2D eigenvalue weighted by Gasteiger charge is -2.06. The lowest BCUT2D eigenvalue weighted by Crippen LogP contribution is -2.06. The van der Waals surface area contributed by atoms with Gasteiger partial charge in [-0.15, -0.1) is 0 Å². The van der Waals surface area contributed by atoms with Crippen molar-refractivity contribution in [1.82, 2.24) is 0 Å². The number of benzene rings is 1. The largest absolute Gasteiger partial charge is 0.469 e. The highest BCUT2D eigenvalue weighted by atomic mass is 35.7. The molecule has 0 amide bonds. The Bertz CT molecular complexity index is 508. The minimum Gasteiger partial charge on any atom is -0.469 e. The van der Waals surface area contributed by atoms with Crippen LogP contribution in [0.4, 0.5) is 0 Å². The van der Waals surface area contributed by atoms with E-state index < -0.39 is 15.0 Å². The number of halogens is 1. The van der Waals surface area contributed by atoms with Gasteiger partial charge in [0.05, 0.1) is 18.4 Å². The zero-order chi connectivity index (χ0) is 12.3. The standard InChI is InChI=1S/C10H11ClO4S/c1-7-3-4-9(16(11,13)14)5-8(7)6-10(12)15-2/h3-5H,6H2,1-2H3. The Morgan fingerprint density at radius 2 is 2.06 bits per heavy atom. The van der Waals surface area contributed by atoms with Crippen molar-refractivity contribution in [2.75, 3.05) is 7.11 Å². The van der Waals surface area contributed by atoms with Crippen molar-refractivity contribution in [3.8, 4) is 0 Å². The molecule has 0 aliphatic rings. The molecule has 1 aromatic rings. The maximum atomic E-state index is 11.1. The lowest BCUT2D eigenvalue weighted by molar-refractivity contribution is -0.139. The first-order valence-electron chi connectivity index (χ1n) is 4.45. The van der Waals surface area contributed by atoms with Crippen molar-refractivity contribution in [1.29, 1.82) is 0 Å². The minimum atomic E-state index is -3.76. The van der Waals surface area contributed by atoms with E-state index in [1.165, 1.54) is 19.2 Å². The molecule has 6 heteroatoms. The van der Waals surface area contributed by atoms with E-state index in [1.807, 2.05) is 0 Å². The highest BCUT2D eigenvalue weighted by Crippen LogP contribution is 2.19. The van der Waals surface area contributed by atoms with E-state index in [-0.39, 0.29) is 11.3 Å². The number of aryl methyl sites for hydroxylation is 1. The smallest absolute Gasteiger partial charge is 0.309 e. The lowest BCUT2D eigenvalue weighted by atomic mass is 10.1. The van der Waals surface area contributed by atoms with Crippen LogP contribution in [-0.2, 0) is 25.0 Å². The molecule has 0 aliphatic heterocycles. The van der Waals surface area contributed by atoms with Gasteiger partial charge in [-0.3, -0.25) is 4.79 Å². The van der Waals surface area contributed by atoms with Crippen LogP contribution in [0.3, 0.4) is 0 Å². The fourth-order valence-electron chi connectivity index (χ4n) is 1.22. The summed E-state index contributed by atoms with van der Waals surface area (Å²) in [6.45, 7) is 1.78. The second kappa shape index (κ2) is 4.84. The normalized spacial score (nSPS) is 11.2. The van der Waals surface area contributed by atoms with Gasteiger partial charge < -0.3 is 4.74 Å². The maximum Gasteiger partial charge on any atom is 0.309 e. The van der Waals surface area contributed by atoms with Crippen LogP contribution in [0.15, 0.2) is 23.1 Å². The third kappa shape index (κ3) is 3.21. The average Bonchev–Trinajstić information content (AvgIpc) is 2.19. The molecule has 0 heterocycles. The summed E-state index contributed by atoms with van der Waals surface area (Å²) < 4.78 is 26.7. The summed E-state index contributed by atoms with van der Waals surface area (Å²) in [7, 11) is 2.72. The summed E-state index contributed by atoms with van der Waals surface area (Å²) in [5.74, 6) is -0.424. The number of hydrogen-bond acceptors (Lipinski definition) is 4. The molecule has 0 aromatic heterocycles. The van der Waals surface area contributed by atoms with Gasteiger partial charge in [0.25, 0.3) is 9.05 Å². The Morgan fingerprint density at radius 1 is 1.44 bits per heavy atom. The molecule has 88 valence electrons. The molecule has 0 unspecified atom stereocenters. The zero-order valence-electron chi connectivity index (χ0n) is 8.86. The van der Waals surface area contributed by atoms with Crippen LogP contribution in [0.5, 0.6) is 0 Å². The second-order valence-corrected chi connectivity index (χ2v) is 5.84. The van der Waals surface area contributed by atoms with E-state index in [2.05, 4.69) is 4.74 Å². The molecule has 1 rings (SSSR count). The highest BCUT2D eigenvalue weighted by molar-refractivity contribution is 8.13. The molecule has 0 aliphatic carbocycles. The fourth-order valence-corrected chi connectivity index (χ4v) is 2.02. The molecule has 16 heavy (non-hydrogen) atoms. The number of methoxy groups -OCH3 is 1. The monoisotopic (exact) mass is 262 g/mol.